The van der Waals surface area contributed by atoms with E-state index in [1.807, 2.05) is 0 Å². The van der Waals surface area contributed by atoms with E-state index in [0.717, 1.165) is 0 Å². The largest absolute Gasteiger partial charge is 0.479 e. The third-order valence-corrected chi connectivity index (χ3v) is 4.23. The molecule has 0 heterocycles. The van der Waals surface area contributed by atoms with Gasteiger partial charge < -0.3 is 10.4 Å². The van der Waals surface area contributed by atoms with Crippen LogP contribution in [0.25, 0.3) is 0 Å². The van der Waals surface area contributed by atoms with E-state index < -0.39 is 17.8 Å². The first-order chi connectivity index (χ1) is 9.88. The zero-order chi connectivity index (χ0) is 15.6. The fourth-order valence-electron chi connectivity index (χ4n) is 1.99. The Hall–Kier alpha value is -1.59. The molecule has 6 heteroatoms. The van der Waals surface area contributed by atoms with Crippen LogP contribution in [0.3, 0.4) is 0 Å². The third-order valence-electron chi connectivity index (χ3n) is 3.02. The molecule has 0 saturated carbocycles. The van der Waals surface area contributed by atoms with Crippen molar-refractivity contribution in [2.24, 2.45) is 0 Å². The van der Waals surface area contributed by atoms with E-state index in [9.17, 15) is 14.3 Å². The van der Waals surface area contributed by atoms with Gasteiger partial charge in [-0.3, -0.25) is 0 Å². The van der Waals surface area contributed by atoms with E-state index in [1.54, 1.807) is 25.1 Å². The van der Waals surface area contributed by atoms with Crippen LogP contribution >= 0.6 is 27.5 Å². The molecule has 0 aromatic heterocycles. The monoisotopic (exact) mass is 371 g/mol. The summed E-state index contributed by atoms with van der Waals surface area (Å²) in [6.45, 7) is 1.67. The molecule has 21 heavy (non-hydrogen) atoms. The molecule has 0 aliphatic carbocycles. The van der Waals surface area contributed by atoms with Crippen molar-refractivity contribution >= 4 is 39.2 Å². The standard InChI is InChI=1S/C15H12BrClFNO2/c1-8-6-9(18)2-4-11(8)14(15(20)21)19-10-3-5-13(17)12(16)7-10/h2-7,14,19H,1H3,(H,20,21). The first kappa shape index (κ1) is 15.8. The predicted octanol–water partition coefficient (Wildman–Crippen LogP) is 4.79. The summed E-state index contributed by atoms with van der Waals surface area (Å²) >= 11 is 9.19. The zero-order valence-electron chi connectivity index (χ0n) is 11.0. The third kappa shape index (κ3) is 3.74. The molecule has 0 bridgehead atoms. The van der Waals surface area contributed by atoms with Crippen LogP contribution in [-0.2, 0) is 4.79 Å². The Bertz CT molecular complexity index is 693. The Labute approximate surface area is 134 Å². The van der Waals surface area contributed by atoms with Gasteiger partial charge in [-0.1, -0.05) is 17.7 Å². The summed E-state index contributed by atoms with van der Waals surface area (Å²) in [6.07, 6.45) is 0. The van der Waals surface area contributed by atoms with Crippen molar-refractivity contribution in [1.82, 2.24) is 0 Å². The van der Waals surface area contributed by atoms with Crippen molar-refractivity contribution in [3.63, 3.8) is 0 Å². The summed E-state index contributed by atoms with van der Waals surface area (Å²) < 4.78 is 13.8. The van der Waals surface area contributed by atoms with Crippen molar-refractivity contribution in [1.29, 1.82) is 0 Å². The molecule has 0 radical (unpaired) electrons. The molecule has 2 aromatic rings. The second-order valence-corrected chi connectivity index (χ2v) is 5.81. The number of carboxylic acids is 1. The highest BCUT2D eigenvalue weighted by Crippen LogP contribution is 2.29. The summed E-state index contributed by atoms with van der Waals surface area (Å²) in [4.78, 5) is 11.5. The molecule has 0 aliphatic rings. The lowest BCUT2D eigenvalue weighted by atomic mass is 10.0. The number of carboxylic acid groups (broad SMARTS) is 1. The topological polar surface area (TPSA) is 49.3 Å². The van der Waals surface area contributed by atoms with Crippen molar-refractivity contribution in [3.05, 3.63) is 62.8 Å². The Morgan fingerprint density at radius 2 is 2.05 bits per heavy atom. The predicted molar refractivity (Wildman–Crippen MR) is 84.3 cm³/mol. The summed E-state index contributed by atoms with van der Waals surface area (Å²) in [5.74, 6) is -1.44. The van der Waals surface area contributed by atoms with Gasteiger partial charge in [0.05, 0.1) is 5.02 Å². The summed E-state index contributed by atoms with van der Waals surface area (Å²) in [5.41, 5.74) is 1.68. The molecule has 110 valence electrons. The Morgan fingerprint density at radius 3 is 2.62 bits per heavy atom. The number of aliphatic carboxylic acids is 1. The van der Waals surface area contributed by atoms with E-state index in [2.05, 4.69) is 21.2 Å². The number of hydrogen-bond acceptors (Lipinski definition) is 2. The molecule has 3 nitrogen and oxygen atoms in total. The second-order valence-electron chi connectivity index (χ2n) is 4.55. The van der Waals surface area contributed by atoms with Gasteiger partial charge in [0, 0.05) is 10.2 Å². The maximum Gasteiger partial charge on any atom is 0.330 e. The quantitative estimate of drug-likeness (QED) is 0.811. The van der Waals surface area contributed by atoms with Gasteiger partial charge >= 0.3 is 5.97 Å². The van der Waals surface area contributed by atoms with Crippen LogP contribution in [0.4, 0.5) is 10.1 Å². The minimum absolute atomic E-state index is 0.394. The Morgan fingerprint density at radius 1 is 1.33 bits per heavy atom. The summed E-state index contributed by atoms with van der Waals surface area (Å²) in [6, 6.07) is 8.09. The molecule has 2 N–H and O–H groups in total. The van der Waals surface area contributed by atoms with Gasteiger partial charge in [0.1, 0.15) is 5.82 Å². The normalized spacial score (nSPS) is 12.0. The van der Waals surface area contributed by atoms with Gasteiger partial charge in [-0.15, -0.1) is 0 Å². The fraction of sp³-hybridized carbons (Fsp3) is 0.133. The van der Waals surface area contributed by atoms with Crippen molar-refractivity contribution < 1.29 is 14.3 Å². The maximum atomic E-state index is 13.1. The molecular formula is C15H12BrClFNO2. The lowest BCUT2D eigenvalue weighted by Gasteiger charge is -2.18. The number of anilines is 1. The Kier molecular flexibility index (Phi) is 4.85. The molecular weight excluding hydrogens is 361 g/mol. The zero-order valence-corrected chi connectivity index (χ0v) is 13.4. The molecule has 0 aliphatic heterocycles. The lowest BCUT2D eigenvalue weighted by Crippen LogP contribution is -2.21. The molecule has 0 fully saturated rings. The fourth-order valence-corrected chi connectivity index (χ4v) is 2.48. The molecule has 0 spiro atoms. The summed E-state index contributed by atoms with van der Waals surface area (Å²) in [7, 11) is 0. The average molecular weight is 373 g/mol. The minimum atomic E-state index is -1.05. The van der Waals surface area contributed by atoms with Gasteiger partial charge in [0.25, 0.3) is 0 Å². The highest BCUT2D eigenvalue weighted by atomic mass is 79.9. The van der Waals surface area contributed by atoms with Gasteiger partial charge in [0.15, 0.2) is 6.04 Å². The van der Waals surface area contributed by atoms with Gasteiger partial charge in [0.2, 0.25) is 0 Å². The van der Waals surface area contributed by atoms with Crippen molar-refractivity contribution in [2.75, 3.05) is 5.32 Å². The van der Waals surface area contributed by atoms with Gasteiger partial charge in [-0.2, -0.15) is 0 Å². The van der Waals surface area contributed by atoms with Crippen LogP contribution in [-0.4, -0.2) is 11.1 Å². The van der Waals surface area contributed by atoms with Crippen LogP contribution in [0.15, 0.2) is 40.9 Å². The summed E-state index contributed by atoms with van der Waals surface area (Å²) in [5, 5.41) is 12.9. The van der Waals surface area contributed by atoms with E-state index in [1.165, 1.54) is 18.2 Å². The first-order valence-electron chi connectivity index (χ1n) is 6.09. The molecule has 0 saturated heterocycles. The molecule has 1 atom stereocenters. The SMILES string of the molecule is Cc1cc(F)ccc1C(Nc1ccc(Cl)c(Br)c1)C(=O)O. The Balaban J connectivity index is 2.35. The van der Waals surface area contributed by atoms with Gasteiger partial charge in [-0.05, 0) is 64.3 Å². The second kappa shape index (κ2) is 6.45. The van der Waals surface area contributed by atoms with Crippen LogP contribution in [0.1, 0.15) is 17.2 Å². The van der Waals surface area contributed by atoms with Crippen LogP contribution in [0.2, 0.25) is 5.02 Å². The highest BCUT2D eigenvalue weighted by Gasteiger charge is 2.22. The maximum absolute atomic E-state index is 13.1. The molecule has 2 rings (SSSR count). The van der Waals surface area contributed by atoms with Crippen LogP contribution in [0.5, 0.6) is 0 Å². The number of hydrogen-bond donors (Lipinski definition) is 2. The molecule has 1 unspecified atom stereocenters. The number of benzene rings is 2. The smallest absolute Gasteiger partial charge is 0.330 e. The number of nitrogens with one attached hydrogen (secondary N) is 1. The minimum Gasteiger partial charge on any atom is -0.479 e. The highest BCUT2D eigenvalue weighted by molar-refractivity contribution is 9.10. The van der Waals surface area contributed by atoms with Gasteiger partial charge in [-0.25, -0.2) is 9.18 Å². The van der Waals surface area contributed by atoms with E-state index in [0.29, 0.717) is 26.3 Å². The van der Waals surface area contributed by atoms with E-state index in [-0.39, 0.29) is 0 Å². The van der Waals surface area contributed by atoms with Crippen molar-refractivity contribution in [3.8, 4) is 0 Å². The number of aryl methyl sites for hydroxylation is 1. The molecule has 0 amide bonds. The van der Waals surface area contributed by atoms with E-state index in [4.69, 9.17) is 11.6 Å². The first-order valence-corrected chi connectivity index (χ1v) is 7.26. The lowest BCUT2D eigenvalue weighted by molar-refractivity contribution is -0.138. The van der Waals surface area contributed by atoms with Crippen molar-refractivity contribution in [2.45, 2.75) is 13.0 Å². The van der Waals surface area contributed by atoms with E-state index >= 15 is 0 Å². The van der Waals surface area contributed by atoms with Crippen LogP contribution in [0, 0.1) is 12.7 Å². The average Bonchev–Trinajstić information content (AvgIpc) is 2.40. The number of halogens is 3. The molecule has 2 aromatic carbocycles. The number of rotatable bonds is 4. The van der Waals surface area contributed by atoms with Crippen LogP contribution < -0.4 is 5.32 Å². The number of carbonyl (C=O) groups is 1.